The fraction of sp³-hybridized carbons (Fsp3) is 0.500. The predicted octanol–water partition coefficient (Wildman–Crippen LogP) is 2.50. The van der Waals surface area contributed by atoms with Crippen LogP contribution in [0.4, 0.5) is 5.00 Å². The number of thiophene rings is 1. The van der Waals surface area contributed by atoms with Crippen LogP contribution in [-0.4, -0.2) is 34.2 Å². The molecule has 2 rings (SSSR count). The number of amides is 1. The second-order valence-corrected chi connectivity index (χ2v) is 5.57. The Balaban J connectivity index is 2.10. The average Bonchev–Trinajstić information content (AvgIpc) is 2.77. The Hall–Kier alpha value is -1.14. The fourth-order valence-corrected chi connectivity index (χ4v) is 2.92. The number of halogens is 1. The molecule has 92 valence electrons. The summed E-state index contributed by atoms with van der Waals surface area (Å²) < 4.78 is 0. The van der Waals surface area contributed by atoms with Crippen LogP contribution in [0.3, 0.4) is 0 Å². The summed E-state index contributed by atoms with van der Waals surface area (Å²) in [6, 6.07) is 2.86. The molecule has 1 aliphatic heterocycles. The van der Waals surface area contributed by atoms with E-state index in [0.717, 1.165) is 24.2 Å². The van der Waals surface area contributed by atoms with E-state index in [1.54, 1.807) is 4.90 Å². The maximum Gasteiger partial charge on any atom is 0.324 e. The summed E-state index contributed by atoms with van der Waals surface area (Å²) in [7, 11) is 0. The highest BCUT2D eigenvalue weighted by Gasteiger charge is 2.25. The second kappa shape index (κ2) is 5.01. The lowest BCUT2D eigenvalue weighted by Gasteiger charge is -2.29. The van der Waals surface area contributed by atoms with Crippen molar-refractivity contribution in [2.45, 2.75) is 18.2 Å². The Morgan fingerprint density at radius 2 is 2.35 bits per heavy atom. The van der Waals surface area contributed by atoms with Gasteiger partial charge in [-0.2, -0.15) is 0 Å². The summed E-state index contributed by atoms with van der Waals surface area (Å²) in [6.07, 6.45) is 1.79. The minimum Gasteiger partial charge on any atom is -0.336 e. The van der Waals surface area contributed by atoms with Crippen molar-refractivity contribution < 1.29 is 9.72 Å². The van der Waals surface area contributed by atoms with Crippen LogP contribution in [0.1, 0.15) is 22.5 Å². The third kappa shape index (κ3) is 2.76. The summed E-state index contributed by atoms with van der Waals surface area (Å²) in [5.41, 5.74) is 0. The molecule has 1 saturated heterocycles. The number of hydrogen-bond donors (Lipinski definition) is 0. The summed E-state index contributed by atoms with van der Waals surface area (Å²) in [5, 5.41) is 10.5. The van der Waals surface area contributed by atoms with Gasteiger partial charge < -0.3 is 4.90 Å². The molecule has 1 atom stereocenters. The van der Waals surface area contributed by atoms with E-state index in [2.05, 4.69) is 0 Å². The van der Waals surface area contributed by atoms with Gasteiger partial charge in [-0.15, -0.1) is 11.6 Å². The van der Waals surface area contributed by atoms with Crippen molar-refractivity contribution in [3.8, 4) is 0 Å². The van der Waals surface area contributed by atoms with E-state index in [1.807, 2.05) is 0 Å². The fourth-order valence-electron chi connectivity index (χ4n) is 1.81. The number of carbonyl (C=O) groups is 1. The number of carbonyl (C=O) groups excluding carboxylic acids is 1. The SMILES string of the molecule is O=C(c1ccc([N+](=O)[O-])s1)N1CCCC(Cl)C1. The first-order chi connectivity index (χ1) is 8.08. The predicted molar refractivity (Wildman–Crippen MR) is 65.8 cm³/mol. The van der Waals surface area contributed by atoms with E-state index < -0.39 is 4.92 Å². The van der Waals surface area contributed by atoms with E-state index in [9.17, 15) is 14.9 Å². The van der Waals surface area contributed by atoms with Crippen molar-refractivity contribution in [2.24, 2.45) is 0 Å². The van der Waals surface area contributed by atoms with Crippen LogP contribution in [-0.2, 0) is 0 Å². The molecular weight excluding hydrogens is 264 g/mol. The number of nitro groups is 1. The quantitative estimate of drug-likeness (QED) is 0.473. The molecule has 0 spiro atoms. The largest absolute Gasteiger partial charge is 0.336 e. The second-order valence-electron chi connectivity index (χ2n) is 3.89. The van der Waals surface area contributed by atoms with Crippen molar-refractivity contribution in [3.05, 3.63) is 27.1 Å². The van der Waals surface area contributed by atoms with Crippen LogP contribution >= 0.6 is 22.9 Å². The Kier molecular flexibility index (Phi) is 3.63. The molecule has 17 heavy (non-hydrogen) atoms. The van der Waals surface area contributed by atoms with E-state index >= 15 is 0 Å². The van der Waals surface area contributed by atoms with Gasteiger partial charge in [-0.05, 0) is 18.9 Å². The summed E-state index contributed by atoms with van der Waals surface area (Å²) in [4.78, 5) is 24.2. The topological polar surface area (TPSA) is 63.4 Å². The number of likely N-dealkylation sites (tertiary alicyclic amines) is 1. The first kappa shape index (κ1) is 12.3. The number of piperidine rings is 1. The molecule has 0 bridgehead atoms. The van der Waals surface area contributed by atoms with Crippen LogP contribution in [0.5, 0.6) is 0 Å². The monoisotopic (exact) mass is 274 g/mol. The van der Waals surface area contributed by atoms with Crippen LogP contribution in [0, 0.1) is 10.1 Å². The van der Waals surface area contributed by atoms with E-state index in [4.69, 9.17) is 11.6 Å². The van der Waals surface area contributed by atoms with Gasteiger partial charge in [-0.1, -0.05) is 11.3 Å². The van der Waals surface area contributed by atoms with Gasteiger partial charge in [-0.3, -0.25) is 14.9 Å². The van der Waals surface area contributed by atoms with Crippen LogP contribution in [0.2, 0.25) is 0 Å². The molecule has 1 unspecified atom stereocenters. The van der Waals surface area contributed by atoms with Gasteiger partial charge in [0, 0.05) is 19.2 Å². The van der Waals surface area contributed by atoms with Gasteiger partial charge in [0.15, 0.2) is 0 Å². The van der Waals surface area contributed by atoms with Crippen LogP contribution in [0.15, 0.2) is 12.1 Å². The van der Waals surface area contributed by atoms with Gasteiger partial charge in [0.1, 0.15) is 0 Å². The highest BCUT2D eigenvalue weighted by Crippen LogP contribution is 2.26. The van der Waals surface area contributed by atoms with Crippen molar-refractivity contribution >= 4 is 33.8 Å². The Labute approximate surface area is 107 Å². The van der Waals surface area contributed by atoms with Gasteiger partial charge >= 0.3 is 5.00 Å². The molecular formula is C10H11ClN2O3S. The average molecular weight is 275 g/mol. The molecule has 1 fully saturated rings. The van der Waals surface area contributed by atoms with Crippen molar-refractivity contribution in [2.75, 3.05) is 13.1 Å². The minimum atomic E-state index is -0.484. The zero-order chi connectivity index (χ0) is 12.4. The van der Waals surface area contributed by atoms with Gasteiger partial charge in [-0.25, -0.2) is 0 Å². The first-order valence-corrected chi connectivity index (χ1v) is 6.51. The molecule has 1 amide bonds. The van der Waals surface area contributed by atoms with Gasteiger partial charge in [0.25, 0.3) is 5.91 Å². The van der Waals surface area contributed by atoms with E-state index in [1.165, 1.54) is 12.1 Å². The molecule has 0 aliphatic carbocycles. The molecule has 5 nitrogen and oxygen atoms in total. The Morgan fingerprint density at radius 1 is 1.59 bits per heavy atom. The lowest BCUT2D eigenvalue weighted by Crippen LogP contribution is -2.40. The molecule has 0 radical (unpaired) electrons. The molecule has 0 aromatic carbocycles. The van der Waals surface area contributed by atoms with Crippen molar-refractivity contribution in [1.82, 2.24) is 4.90 Å². The molecule has 1 aliphatic rings. The molecule has 1 aromatic heterocycles. The lowest BCUT2D eigenvalue weighted by molar-refractivity contribution is -0.380. The van der Waals surface area contributed by atoms with Crippen LogP contribution < -0.4 is 0 Å². The Bertz CT molecular complexity index is 449. The minimum absolute atomic E-state index is 0.00668. The smallest absolute Gasteiger partial charge is 0.324 e. The number of hydrogen-bond acceptors (Lipinski definition) is 4. The standard InChI is InChI=1S/C10H11ClN2O3S/c11-7-2-1-5-12(6-7)10(14)8-3-4-9(17-8)13(15)16/h3-4,7H,1-2,5-6H2. The Morgan fingerprint density at radius 3 is 2.94 bits per heavy atom. The zero-order valence-electron chi connectivity index (χ0n) is 8.97. The van der Waals surface area contributed by atoms with Crippen molar-refractivity contribution in [3.63, 3.8) is 0 Å². The van der Waals surface area contributed by atoms with E-state index in [-0.39, 0.29) is 16.3 Å². The normalized spacial score (nSPS) is 20.3. The third-order valence-corrected chi connectivity index (χ3v) is 4.01. The number of nitrogens with zero attached hydrogens (tertiary/aromatic N) is 2. The number of alkyl halides is 1. The zero-order valence-corrected chi connectivity index (χ0v) is 10.5. The highest BCUT2D eigenvalue weighted by atomic mass is 35.5. The molecule has 0 N–H and O–H groups in total. The summed E-state index contributed by atoms with van der Waals surface area (Å²) in [6.45, 7) is 1.19. The third-order valence-electron chi connectivity index (χ3n) is 2.63. The lowest BCUT2D eigenvalue weighted by atomic mass is 10.1. The van der Waals surface area contributed by atoms with Gasteiger partial charge in [0.05, 0.1) is 15.2 Å². The van der Waals surface area contributed by atoms with E-state index in [0.29, 0.717) is 18.0 Å². The number of rotatable bonds is 2. The maximum absolute atomic E-state index is 12.0. The molecule has 2 heterocycles. The summed E-state index contributed by atoms with van der Waals surface area (Å²) >= 11 is 6.91. The van der Waals surface area contributed by atoms with Crippen LogP contribution in [0.25, 0.3) is 0 Å². The summed E-state index contributed by atoms with van der Waals surface area (Å²) in [5.74, 6) is -0.159. The van der Waals surface area contributed by atoms with Crippen molar-refractivity contribution in [1.29, 1.82) is 0 Å². The highest BCUT2D eigenvalue weighted by molar-refractivity contribution is 7.17. The molecule has 0 saturated carbocycles. The maximum atomic E-state index is 12.0. The molecule has 7 heteroatoms. The first-order valence-electron chi connectivity index (χ1n) is 5.25. The molecule has 1 aromatic rings. The van der Waals surface area contributed by atoms with Gasteiger partial charge in [0.2, 0.25) is 0 Å².